The minimum atomic E-state index is -2.27. The molecule has 1 unspecified atom stereocenters. The summed E-state index contributed by atoms with van der Waals surface area (Å²) in [5.74, 6) is 0. The third kappa shape index (κ3) is 8.82. The Hall–Kier alpha value is 0.600. The largest absolute Gasteiger partial charge is 0.294 e. The van der Waals surface area contributed by atoms with Crippen molar-refractivity contribution in [1.29, 1.82) is 5.26 Å². The standard InChI is InChI=1S/CHNO2S.Na/c2-1-5(3)4;/h(H,3,4);. The number of hydrogen-bond acceptors (Lipinski definition) is 2. The van der Waals surface area contributed by atoms with Crippen LogP contribution in [-0.4, -0.2) is 38.3 Å². The Morgan fingerprint density at radius 3 is 2.00 bits per heavy atom. The molecule has 0 heterocycles. The molecule has 0 aliphatic carbocycles. The van der Waals surface area contributed by atoms with E-state index in [1.165, 1.54) is 0 Å². The van der Waals surface area contributed by atoms with Crippen molar-refractivity contribution in [2.75, 3.05) is 0 Å². The van der Waals surface area contributed by atoms with Gasteiger partial charge in [0, 0.05) is 29.6 Å². The van der Waals surface area contributed by atoms with Gasteiger partial charge in [0.05, 0.1) is 0 Å². The third-order valence-electron chi connectivity index (χ3n) is 0.0781. The zero-order valence-corrected chi connectivity index (χ0v) is 6.03. The Kier molecular flexibility index (Phi) is 9.13. The first-order valence-electron chi connectivity index (χ1n) is 0.777. The molecule has 0 saturated heterocycles. The summed E-state index contributed by atoms with van der Waals surface area (Å²) in [7, 11) is 0. The molecule has 0 fully saturated rings. The second kappa shape index (κ2) is 5.60. The Morgan fingerprint density at radius 1 is 1.83 bits per heavy atom. The Labute approximate surface area is 59.9 Å². The topological polar surface area (TPSA) is 61.1 Å². The van der Waals surface area contributed by atoms with Crippen molar-refractivity contribution < 1.29 is 8.76 Å². The van der Waals surface area contributed by atoms with E-state index >= 15 is 0 Å². The molecule has 0 bridgehead atoms. The van der Waals surface area contributed by atoms with E-state index in [-0.39, 0.29) is 29.6 Å². The zero-order chi connectivity index (χ0) is 4.28. The van der Waals surface area contributed by atoms with E-state index in [2.05, 4.69) is 0 Å². The summed E-state index contributed by atoms with van der Waals surface area (Å²) in [6.45, 7) is 0. The Balaban J connectivity index is 0. The Morgan fingerprint density at radius 2 is 2.00 bits per heavy atom. The van der Waals surface area contributed by atoms with Crippen molar-refractivity contribution >= 4 is 40.6 Å². The summed E-state index contributed by atoms with van der Waals surface area (Å²) in [6.07, 6.45) is 0. The van der Waals surface area contributed by atoms with Gasteiger partial charge < -0.3 is 0 Å². The van der Waals surface area contributed by atoms with Gasteiger partial charge in [-0.2, -0.15) is 5.26 Å². The van der Waals surface area contributed by atoms with Crippen molar-refractivity contribution in [2.24, 2.45) is 0 Å². The van der Waals surface area contributed by atoms with Crippen molar-refractivity contribution in [3.63, 3.8) is 0 Å². The first-order valence-corrected chi connectivity index (χ1v) is 1.88. The molecule has 0 aromatic carbocycles. The van der Waals surface area contributed by atoms with Crippen LogP contribution < -0.4 is 0 Å². The predicted molar refractivity (Wildman–Crippen MR) is 22.1 cm³/mol. The summed E-state index contributed by atoms with van der Waals surface area (Å²) in [6, 6.07) is 0. The number of thiocyanates is 1. The van der Waals surface area contributed by atoms with Crippen LogP contribution in [0.5, 0.6) is 0 Å². The van der Waals surface area contributed by atoms with E-state index < -0.39 is 11.1 Å². The van der Waals surface area contributed by atoms with Crippen LogP contribution in [0.1, 0.15) is 0 Å². The quantitative estimate of drug-likeness (QED) is 0.257. The van der Waals surface area contributed by atoms with Gasteiger partial charge in [0.2, 0.25) is 0 Å². The van der Waals surface area contributed by atoms with Gasteiger partial charge in [0.15, 0.2) is 5.40 Å². The average molecular weight is 114 g/mol. The Bertz CT molecular complexity index is 86.0. The fraction of sp³-hybridized carbons (Fsp3) is 0. The van der Waals surface area contributed by atoms with Crippen LogP contribution in [0.15, 0.2) is 0 Å². The molecular formula is CHNNaO2S. The molecule has 0 aliphatic rings. The third-order valence-corrected chi connectivity index (χ3v) is 0.234. The number of nitriles is 1. The summed E-state index contributed by atoms with van der Waals surface area (Å²) >= 11 is -2.27. The van der Waals surface area contributed by atoms with Gasteiger partial charge in [0.1, 0.15) is 0 Å². The van der Waals surface area contributed by atoms with Crippen LogP contribution >= 0.6 is 0 Å². The van der Waals surface area contributed by atoms with Gasteiger partial charge in [-0.3, -0.25) is 4.55 Å². The maximum Gasteiger partial charge on any atom is 0.261 e. The van der Waals surface area contributed by atoms with Crippen molar-refractivity contribution in [3.8, 4) is 5.40 Å². The van der Waals surface area contributed by atoms with E-state index in [0.29, 0.717) is 0 Å². The number of rotatable bonds is 0. The van der Waals surface area contributed by atoms with E-state index in [0.717, 1.165) is 5.40 Å². The molecule has 6 heavy (non-hydrogen) atoms. The van der Waals surface area contributed by atoms with Crippen LogP contribution in [0.3, 0.4) is 0 Å². The van der Waals surface area contributed by atoms with E-state index in [1.54, 1.807) is 0 Å². The van der Waals surface area contributed by atoms with Gasteiger partial charge >= 0.3 is 0 Å². The molecule has 29 valence electrons. The fourth-order valence-electron chi connectivity index (χ4n) is 0. The second-order valence-corrected chi connectivity index (χ2v) is 1.02. The van der Waals surface area contributed by atoms with Crippen LogP contribution in [0.25, 0.3) is 0 Å². The average Bonchev–Trinajstić information content (AvgIpc) is 1.38. The van der Waals surface area contributed by atoms with E-state index in [1.807, 2.05) is 0 Å². The van der Waals surface area contributed by atoms with Crippen LogP contribution in [0.4, 0.5) is 0 Å². The van der Waals surface area contributed by atoms with E-state index in [9.17, 15) is 0 Å². The normalized spacial score (nSPS) is 10.7. The molecule has 0 amide bonds. The smallest absolute Gasteiger partial charge is 0.261 e. The zero-order valence-electron chi connectivity index (χ0n) is 3.21. The maximum atomic E-state index is 9.12. The van der Waals surface area contributed by atoms with Crippen molar-refractivity contribution in [1.82, 2.24) is 0 Å². The maximum absolute atomic E-state index is 9.12. The van der Waals surface area contributed by atoms with Gasteiger partial charge in [-0.1, -0.05) is 0 Å². The number of nitrogens with zero attached hydrogens (tertiary/aromatic N) is 1. The molecule has 3 nitrogen and oxygen atoms in total. The van der Waals surface area contributed by atoms with E-state index in [4.69, 9.17) is 14.0 Å². The second-order valence-electron chi connectivity index (χ2n) is 0.340. The summed E-state index contributed by atoms with van der Waals surface area (Å²) in [4.78, 5) is 0. The molecule has 1 N–H and O–H groups in total. The molecular weight excluding hydrogens is 113 g/mol. The first-order chi connectivity index (χ1) is 2.27. The molecule has 0 aromatic rings. The molecule has 0 aliphatic heterocycles. The van der Waals surface area contributed by atoms with Crippen molar-refractivity contribution in [2.45, 2.75) is 0 Å². The van der Waals surface area contributed by atoms with Gasteiger partial charge in [-0.15, -0.1) is 0 Å². The summed E-state index contributed by atoms with van der Waals surface area (Å²) < 4.78 is 16.6. The molecule has 5 heteroatoms. The molecule has 0 saturated carbocycles. The molecule has 0 rings (SSSR count). The fourth-order valence-corrected chi connectivity index (χ4v) is 0. The van der Waals surface area contributed by atoms with Gasteiger partial charge in [-0.25, -0.2) is 4.21 Å². The first kappa shape index (κ1) is 9.78. The SMILES string of the molecule is N#CS(=O)O.[Na]. The summed E-state index contributed by atoms with van der Waals surface area (Å²) in [5, 5.41) is 8.40. The number of hydrogen-bond donors (Lipinski definition) is 1. The van der Waals surface area contributed by atoms with Crippen molar-refractivity contribution in [3.05, 3.63) is 0 Å². The van der Waals surface area contributed by atoms with Gasteiger partial charge in [-0.05, 0) is 0 Å². The minimum absolute atomic E-state index is 0. The molecule has 0 spiro atoms. The summed E-state index contributed by atoms with van der Waals surface area (Å²) in [5.41, 5.74) is 0. The minimum Gasteiger partial charge on any atom is -0.294 e. The molecule has 1 atom stereocenters. The van der Waals surface area contributed by atoms with Crippen LogP contribution in [-0.2, 0) is 11.1 Å². The monoisotopic (exact) mass is 114 g/mol. The molecule has 1 radical (unpaired) electrons. The molecule has 0 aromatic heterocycles. The van der Waals surface area contributed by atoms with Gasteiger partial charge in [0.25, 0.3) is 11.1 Å². The predicted octanol–water partition coefficient (Wildman–Crippen LogP) is -0.692. The van der Waals surface area contributed by atoms with Crippen LogP contribution in [0, 0.1) is 10.7 Å². The van der Waals surface area contributed by atoms with Crippen LogP contribution in [0.2, 0.25) is 0 Å².